The number of carboxylic acids is 1. The molecule has 0 radical (unpaired) electrons. The summed E-state index contributed by atoms with van der Waals surface area (Å²) in [5, 5.41) is 12.7. The number of aryl methyl sites for hydroxylation is 2. The zero-order chi connectivity index (χ0) is 15.1. The molecule has 20 heavy (non-hydrogen) atoms. The Morgan fingerprint density at radius 2 is 2.15 bits per heavy atom. The number of likely N-dealkylation sites (tertiary alicyclic amines) is 1. The van der Waals surface area contributed by atoms with Crippen molar-refractivity contribution in [3.8, 4) is 0 Å². The Balaban J connectivity index is 2.18. The minimum Gasteiger partial charge on any atom is -0.481 e. The van der Waals surface area contributed by atoms with Gasteiger partial charge in [0.15, 0.2) is 5.41 Å². The summed E-state index contributed by atoms with van der Waals surface area (Å²) in [7, 11) is 0. The molecule has 2 rings (SSSR count). The number of aromatic nitrogens is 1. The number of hydrogen-bond donors (Lipinski definition) is 1. The molecule has 0 aromatic carbocycles. The monoisotopic (exact) mass is 292 g/mol. The Hall–Kier alpha value is -1.57. The van der Waals surface area contributed by atoms with Crippen LogP contribution in [0, 0.1) is 19.3 Å². The molecule has 0 bridgehead atoms. The Morgan fingerprint density at radius 1 is 1.50 bits per heavy atom. The van der Waals surface area contributed by atoms with E-state index in [9.17, 15) is 18.0 Å². The fraction of sp³-hybridized carbons (Fsp3) is 0.667. The van der Waals surface area contributed by atoms with Gasteiger partial charge in [0.05, 0.1) is 5.69 Å². The lowest BCUT2D eigenvalue weighted by Gasteiger charge is -2.27. The maximum Gasteiger partial charge on any atom is 0.406 e. The second kappa shape index (κ2) is 4.76. The van der Waals surface area contributed by atoms with Gasteiger partial charge in [-0.1, -0.05) is 5.16 Å². The predicted octanol–water partition coefficient (Wildman–Crippen LogP) is 2.13. The van der Waals surface area contributed by atoms with Crippen LogP contribution >= 0.6 is 0 Å². The zero-order valence-corrected chi connectivity index (χ0v) is 11.1. The number of aliphatic carboxylic acids is 1. The van der Waals surface area contributed by atoms with E-state index in [0.29, 0.717) is 17.0 Å². The van der Waals surface area contributed by atoms with Gasteiger partial charge in [0.1, 0.15) is 5.76 Å². The summed E-state index contributed by atoms with van der Waals surface area (Å²) in [6.07, 6.45) is -5.19. The molecule has 1 fully saturated rings. The molecule has 1 aliphatic rings. The van der Waals surface area contributed by atoms with Crippen molar-refractivity contribution < 1.29 is 27.6 Å². The van der Waals surface area contributed by atoms with Gasteiger partial charge < -0.3 is 9.63 Å². The molecular formula is C12H15F3N2O3. The SMILES string of the molecule is Cc1noc(C)c1CN1CCC(C(=O)O)(C(F)(F)F)C1. The van der Waals surface area contributed by atoms with Crippen LogP contribution in [0.4, 0.5) is 13.2 Å². The first-order valence-electron chi connectivity index (χ1n) is 6.11. The van der Waals surface area contributed by atoms with Crippen LogP contribution in [0.25, 0.3) is 0 Å². The molecule has 1 unspecified atom stereocenters. The summed E-state index contributed by atoms with van der Waals surface area (Å²) in [4.78, 5) is 12.6. The van der Waals surface area contributed by atoms with Crippen LogP contribution in [0.3, 0.4) is 0 Å². The van der Waals surface area contributed by atoms with Crippen LogP contribution in [-0.4, -0.2) is 40.4 Å². The third-order valence-electron chi connectivity index (χ3n) is 3.86. The number of carbonyl (C=O) groups is 1. The Labute approximate surface area is 113 Å². The van der Waals surface area contributed by atoms with Gasteiger partial charge >= 0.3 is 12.1 Å². The molecule has 112 valence electrons. The van der Waals surface area contributed by atoms with Crippen molar-refractivity contribution in [3.05, 3.63) is 17.0 Å². The van der Waals surface area contributed by atoms with Gasteiger partial charge in [-0.05, 0) is 20.3 Å². The van der Waals surface area contributed by atoms with Crippen LogP contribution in [0.15, 0.2) is 4.52 Å². The minimum atomic E-state index is -4.76. The number of alkyl halides is 3. The molecule has 1 aliphatic heterocycles. The van der Waals surface area contributed by atoms with Crippen LogP contribution in [-0.2, 0) is 11.3 Å². The van der Waals surface area contributed by atoms with Gasteiger partial charge in [-0.25, -0.2) is 0 Å². The van der Waals surface area contributed by atoms with Crippen molar-refractivity contribution in [2.24, 2.45) is 5.41 Å². The number of halogens is 3. The third-order valence-corrected chi connectivity index (χ3v) is 3.86. The molecule has 8 heteroatoms. The van der Waals surface area contributed by atoms with Crippen molar-refractivity contribution in [1.82, 2.24) is 10.1 Å². The summed E-state index contributed by atoms with van der Waals surface area (Å²) in [6, 6.07) is 0. The van der Waals surface area contributed by atoms with Crippen LogP contribution in [0.2, 0.25) is 0 Å². The van der Waals surface area contributed by atoms with E-state index in [1.165, 1.54) is 4.90 Å². The van der Waals surface area contributed by atoms with Gasteiger partial charge in [0, 0.05) is 25.2 Å². The summed E-state index contributed by atoms with van der Waals surface area (Å²) in [5.41, 5.74) is -1.35. The first-order chi connectivity index (χ1) is 9.17. The van der Waals surface area contributed by atoms with E-state index < -0.39 is 30.5 Å². The predicted molar refractivity (Wildman–Crippen MR) is 62.0 cm³/mol. The summed E-state index contributed by atoms with van der Waals surface area (Å²) in [5.74, 6) is -1.27. The highest BCUT2D eigenvalue weighted by atomic mass is 19.4. The summed E-state index contributed by atoms with van der Waals surface area (Å²) >= 11 is 0. The zero-order valence-electron chi connectivity index (χ0n) is 11.1. The molecule has 0 amide bonds. The molecule has 0 spiro atoms. The maximum atomic E-state index is 13.0. The highest BCUT2D eigenvalue weighted by Crippen LogP contribution is 2.46. The Bertz CT molecular complexity index is 507. The molecule has 0 saturated carbocycles. The minimum absolute atomic E-state index is 0.0792. The van der Waals surface area contributed by atoms with Gasteiger partial charge in [0.25, 0.3) is 0 Å². The fourth-order valence-corrected chi connectivity index (χ4v) is 2.50. The van der Waals surface area contributed by atoms with Crippen molar-refractivity contribution in [3.63, 3.8) is 0 Å². The van der Waals surface area contributed by atoms with E-state index in [1.54, 1.807) is 13.8 Å². The molecule has 1 saturated heterocycles. The van der Waals surface area contributed by atoms with Gasteiger partial charge in [-0.3, -0.25) is 9.69 Å². The molecule has 1 N–H and O–H groups in total. The van der Waals surface area contributed by atoms with Crippen molar-refractivity contribution in [2.75, 3.05) is 13.1 Å². The average molecular weight is 292 g/mol. The first-order valence-corrected chi connectivity index (χ1v) is 6.11. The molecule has 1 atom stereocenters. The lowest BCUT2D eigenvalue weighted by atomic mass is 9.86. The third kappa shape index (κ3) is 2.28. The highest BCUT2D eigenvalue weighted by Gasteiger charge is 2.63. The topological polar surface area (TPSA) is 66.6 Å². The Morgan fingerprint density at radius 3 is 2.55 bits per heavy atom. The molecule has 2 heterocycles. The van der Waals surface area contributed by atoms with Gasteiger partial charge in [-0.15, -0.1) is 0 Å². The van der Waals surface area contributed by atoms with Crippen LogP contribution < -0.4 is 0 Å². The second-order valence-corrected chi connectivity index (χ2v) is 5.15. The van der Waals surface area contributed by atoms with E-state index in [1.807, 2.05) is 0 Å². The molecule has 5 nitrogen and oxygen atoms in total. The van der Waals surface area contributed by atoms with Crippen LogP contribution in [0.1, 0.15) is 23.4 Å². The van der Waals surface area contributed by atoms with E-state index in [-0.39, 0.29) is 13.1 Å². The quantitative estimate of drug-likeness (QED) is 0.924. The molecule has 1 aromatic heterocycles. The fourth-order valence-electron chi connectivity index (χ4n) is 2.50. The maximum absolute atomic E-state index is 13.0. The number of hydrogen-bond acceptors (Lipinski definition) is 4. The van der Waals surface area contributed by atoms with Gasteiger partial charge in [-0.2, -0.15) is 13.2 Å². The number of nitrogens with zero attached hydrogens (tertiary/aromatic N) is 2. The second-order valence-electron chi connectivity index (χ2n) is 5.15. The van der Waals surface area contributed by atoms with E-state index in [4.69, 9.17) is 9.63 Å². The smallest absolute Gasteiger partial charge is 0.406 e. The molecule has 1 aromatic rings. The molecule has 0 aliphatic carbocycles. The van der Waals surface area contributed by atoms with E-state index in [2.05, 4.69) is 5.16 Å². The highest BCUT2D eigenvalue weighted by molar-refractivity contribution is 5.76. The largest absolute Gasteiger partial charge is 0.481 e. The standard InChI is InChI=1S/C12H15F3N2O3/c1-7-9(8(2)20-16-7)5-17-4-3-11(6-17,10(18)19)12(13,14)15/h3-6H2,1-2H3,(H,18,19). The number of carboxylic acid groups (broad SMARTS) is 1. The van der Waals surface area contributed by atoms with Gasteiger partial charge in [0.2, 0.25) is 0 Å². The normalized spacial score (nSPS) is 24.2. The van der Waals surface area contributed by atoms with Crippen molar-refractivity contribution in [2.45, 2.75) is 33.0 Å². The van der Waals surface area contributed by atoms with Crippen LogP contribution in [0.5, 0.6) is 0 Å². The first kappa shape index (κ1) is 14.8. The Kier molecular flexibility index (Phi) is 3.53. The lowest BCUT2D eigenvalue weighted by molar-refractivity contribution is -0.227. The van der Waals surface area contributed by atoms with Crippen molar-refractivity contribution in [1.29, 1.82) is 0 Å². The summed E-state index contributed by atoms with van der Waals surface area (Å²) < 4.78 is 44.1. The van der Waals surface area contributed by atoms with Crippen molar-refractivity contribution >= 4 is 5.97 Å². The molecular weight excluding hydrogens is 277 g/mol. The van der Waals surface area contributed by atoms with E-state index >= 15 is 0 Å². The summed E-state index contributed by atoms with van der Waals surface area (Å²) in [6.45, 7) is 3.13. The average Bonchev–Trinajstić information content (AvgIpc) is 2.88. The number of rotatable bonds is 3. The lowest BCUT2D eigenvalue weighted by Crippen LogP contribution is -2.47. The van der Waals surface area contributed by atoms with E-state index in [0.717, 1.165) is 0 Å².